The molecule has 0 unspecified atom stereocenters. The molecule has 2 bridgehead atoms. The highest BCUT2D eigenvalue weighted by Gasteiger charge is 2.42. The van der Waals surface area contributed by atoms with Crippen LogP contribution in [0, 0.1) is 5.82 Å². The van der Waals surface area contributed by atoms with Gasteiger partial charge in [-0.3, -0.25) is 4.90 Å². The van der Waals surface area contributed by atoms with Crippen LogP contribution in [-0.2, 0) is 0 Å². The topological polar surface area (TPSA) is 3.24 Å². The molecule has 0 amide bonds. The van der Waals surface area contributed by atoms with Crippen molar-refractivity contribution in [2.45, 2.75) is 43.7 Å². The van der Waals surface area contributed by atoms with E-state index >= 15 is 0 Å². The summed E-state index contributed by atoms with van der Waals surface area (Å²) in [4.78, 5) is 2.47. The van der Waals surface area contributed by atoms with Crippen LogP contribution in [0.5, 0.6) is 0 Å². The third-order valence-corrected chi connectivity index (χ3v) is 4.43. The van der Waals surface area contributed by atoms with Crippen molar-refractivity contribution in [3.05, 3.63) is 35.6 Å². The van der Waals surface area contributed by atoms with Gasteiger partial charge in [0.25, 0.3) is 0 Å². The lowest BCUT2D eigenvalue weighted by molar-refractivity contribution is 0.173. The molecular formula is C14H18FN. The number of hydrogen-bond acceptors (Lipinski definition) is 1. The van der Waals surface area contributed by atoms with Crippen LogP contribution in [-0.4, -0.2) is 24.0 Å². The maximum Gasteiger partial charge on any atom is 0.126 e. The highest BCUT2D eigenvalue weighted by atomic mass is 19.1. The molecule has 2 heteroatoms. The molecule has 2 aliphatic rings. The monoisotopic (exact) mass is 219 g/mol. The second-order valence-corrected chi connectivity index (χ2v) is 5.18. The third-order valence-electron chi connectivity index (χ3n) is 4.43. The zero-order chi connectivity index (χ0) is 11.1. The molecule has 0 saturated carbocycles. The second-order valence-electron chi connectivity index (χ2n) is 5.18. The molecular weight excluding hydrogens is 201 g/mol. The van der Waals surface area contributed by atoms with Gasteiger partial charge in [0.15, 0.2) is 0 Å². The average molecular weight is 219 g/mol. The van der Waals surface area contributed by atoms with Gasteiger partial charge in [-0.15, -0.1) is 0 Å². The molecule has 0 N–H and O–H groups in total. The first-order chi connectivity index (χ1) is 7.77. The summed E-state index contributed by atoms with van der Waals surface area (Å²) >= 11 is 0. The number of hydrogen-bond donors (Lipinski definition) is 0. The van der Waals surface area contributed by atoms with E-state index < -0.39 is 0 Å². The van der Waals surface area contributed by atoms with Crippen LogP contribution in [0.1, 0.15) is 37.2 Å². The largest absolute Gasteiger partial charge is 0.300 e. The maximum absolute atomic E-state index is 13.8. The average Bonchev–Trinajstić information content (AvgIpc) is 2.50. The number of nitrogens with zero attached hydrogens (tertiary/aromatic N) is 1. The minimum Gasteiger partial charge on any atom is -0.300 e. The first-order valence-electron chi connectivity index (χ1n) is 6.23. The van der Waals surface area contributed by atoms with Crippen molar-refractivity contribution >= 4 is 0 Å². The SMILES string of the molecule is CN1[C@H]2CCC[C@@H]1[C@@H](c1ccccc1F)C2. The minimum atomic E-state index is -0.0200. The van der Waals surface area contributed by atoms with E-state index in [2.05, 4.69) is 11.9 Å². The second kappa shape index (κ2) is 3.85. The first kappa shape index (κ1) is 10.3. The van der Waals surface area contributed by atoms with E-state index in [1.807, 2.05) is 12.1 Å². The van der Waals surface area contributed by atoms with Crippen LogP contribution in [0.3, 0.4) is 0 Å². The molecule has 2 fully saturated rings. The Labute approximate surface area is 96.3 Å². The molecule has 0 aliphatic carbocycles. The number of benzene rings is 1. The highest BCUT2D eigenvalue weighted by molar-refractivity contribution is 5.26. The fraction of sp³-hybridized carbons (Fsp3) is 0.571. The zero-order valence-electron chi connectivity index (χ0n) is 9.70. The minimum absolute atomic E-state index is 0.0200. The number of likely N-dealkylation sites (N-methyl/N-ethyl adjacent to an activating group) is 1. The van der Waals surface area contributed by atoms with Crippen LogP contribution in [0.2, 0.25) is 0 Å². The number of halogens is 1. The predicted octanol–water partition coefficient (Wildman–Crippen LogP) is 3.17. The van der Waals surface area contributed by atoms with Gasteiger partial charge in [-0.2, -0.15) is 0 Å². The van der Waals surface area contributed by atoms with E-state index in [0.29, 0.717) is 18.0 Å². The first-order valence-corrected chi connectivity index (χ1v) is 6.23. The van der Waals surface area contributed by atoms with Gasteiger partial charge in [0.2, 0.25) is 0 Å². The van der Waals surface area contributed by atoms with Crippen LogP contribution >= 0.6 is 0 Å². The third kappa shape index (κ3) is 1.47. The summed E-state index contributed by atoms with van der Waals surface area (Å²) in [6.45, 7) is 0. The van der Waals surface area contributed by atoms with E-state index in [4.69, 9.17) is 0 Å². The number of fused-ring (bicyclic) bond motifs is 2. The molecule has 1 aromatic rings. The molecule has 1 nitrogen and oxygen atoms in total. The Hall–Kier alpha value is -0.890. The Balaban J connectivity index is 1.94. The van der Waals surface area contributed by atoms with Crippen molar-refractivity contribution in [1.29, 1.82) is 0 Å². The summed E-state index contributed by atoms with van der Waals surface area (Å²) in [5, 5.41) is 0. The van der Waals surface area contributed by atoms with E-state index in [-0.39, 0.29) is 5.82 Å². The molecule has 3 rings (SSSR count). The van der Waals surface area contributed by atoms with Gasteiger partial charge in [-0.1, -0.05) is 24.6 Å². The number of rotatable bonds is 1. The van der Waals surface area contributed by atoms with Crippen molar-refractivity contribution < 1.29 is 4.39 Å². The Kier molecular flexibility index (Phi) is 2.47. The van der Waals surface area contributed by atoms with Crippen molar-refractivity contribution in [2.24, 2.45) is 0 Å². The van der Waals surface area contributed by atoms with E-state index in [1.165, 1.54) is 19.3 Å². The van der Waals surface area contributed by atoms with E-state index in [0.717, 1.165) is 12.0 Å². The molecule has 3 atom stereocenters. The van der Waals surface area contributed by atoms with E-state index in [9.17, 15) is 4.39 Å². The van der Waals surface area contributed by atoms with Crippen molar-refractivity contribution in [3.63, 3.8) is 0 Å². The lowest BCUT2D eigenvalue weighted by atomic mass is 9.90. The van der Waals surface area contributed by atoms with Gasteiger partial charge < -0.3 is 0 Å². The molecule has 86 valence electrons. The fourth-order valence-electron chi connectivity index (χ4n) is 3.57. The van der Waals surface area contributed by atoms with Gasteiger partial charge in [-0.25, -0.2) is 4.39 Å². The Morgan fingerprint density at radius 1 is 1.25 bits per heavy atom. The van der Waals surface area contributed by atoms with Gasteiger partial charge in [0.05, 0.1) is 0 Å². The van der Waals surface area contributed by atoms with Gasteiger partial charge in [0.1, 0.15) is 5.82 Å². The summed E-state index contributed by atoms with van der Waals surface area (Å²) in [7, 11) is 2.20. The maximum atomic E-state index is 13.8. The van der Waals surface area contributed by atoms with Crippen molar-refractivity contribution in [2.75, 3.05) is 7.05 Å². The zero-order valence-corrected chi connectivity index (χ0v) is 9.70. The Morgan fingerprint density at radius 2 is 2.06 bits per heavy atom. The van der Waals surface area contributed by atoms with Gasteiger partial charge in [-0.05, 0) is 37.9 Å². The molecule has 16 heavy (non-hydrogen) atoms. The summed E-state index contributed by atoms with van der Waals surface area (Å²) in [6.07, 6.45) is 4.97. The number of piperidine rings is 1. The molecule has 0 radical (unpaired) electrons. The van der Waals surface area contributed by atoms with Crippen LogP contribution in [0.4, 0.5) is 4.39 Å². The predicted molar refractivity (Wildman–Crippen MR) is 62.9 cm³/mol. The summed E-state index contributed by atoms with van der Waals surface area (Å²) in [5.41, 5.74) is 0.934. The molecule has 2 aliphatic heterocycles. The molecule has 0 aromatic heterocycles. The van der Waals surface area contributed by atoms with Gasteiger partial charge >= 0.3 is 0 Å². The highest BCUT2D eigenvalue weighted by Crippen LogP contribution is 2.44. The molecule has 2 heterocycles. The Bertz CT molecular complexity index is 390. The lowest BCUT2D eigenvalue weighted by Crippen LogP contribution is -2.37. The molecule has 0 spiro atoms. The standard InChI is InChI=1S/C14H18FN/c1-16-10-5-4-8-14(16)12(9-10)11-6-2-3-7-13(11)15/h2-3,6-7,10,12,14H,4-5,8-9H2,1H3/t10-,12+,14+/m0/s1. The Morgan fingerprint density at radius 3 is 2.81 bits per heavy atom. The normalized spacial score (nSPS) is 34.2. The van der Waals surface area contributed by atoms with Crippen LogP contribution in [0.25, 0.3) is 0 Å². The van der Waals surface area contributed by atoms with Crippen LogP contribution in [0.15, 0.2) is 24.3 Å². The molecule has 1 aromatic carbocycles. The van der Waals surface area contributed by atoms with Crippen molar-refractivity contribution in [1.82, 2.24) is 4.90 Å². The quantitative estimate of drug-likeness (QED) is 0.701. The summed E-state index contributed by atoms with van der Waals surface area (Å²) in [5.74, 6) is 0.396. The summed E-state index contributed by atoms with van der Waals surface area (Å²) in [6, 6.07) is 8.55. The smallest absolute Gasteiger partial charge is 0.126 e. The van der Waals surface area contributed by atoms with Crippen molar-refractivity contribution in [3.8, 4) is 0 Å². The van der Waals surface area contributed by atoms with Crippen LogP contribution < -0.4 is 0 Å². The molecule has 2 saturated heterocycles. The van der Waals surface area contributed by atoms with Gasteiger partial charge in [0, 0.05) is 18.0 Å². The van der Waals surface area contributed by atoms with E-state index in [1.54, 1.807) is 12.1 Å². The lowest BCUT2D eigenvalue weighted by Gasteiger charge is -2.32. The summed E-state index contributed by atoms with van der Waals surface area (Å²) < 4.78 is 13.8. The fourth-order valence-corrected chi connectivity index (χ4v) is 3.57.